The molecule has 26 heavy (non-hydrogen) atoms. The molecule has 4 rings (SSSR count). The zero-order valence-corrected chi connectivity index (χ0v) is 16.3. The summed E-state index contributed by atoms with van der Waals surface area (Å²) in [6, 6.07) is 23.9. The third-order valence-electron chi connectivity index (χ3n) is 4.08. The lowest BCUT2D eigenvalue weighted by Crippen LogP contribution is -2.28. The minimum absolute atomic E-state index is 0.117. The van der Waals surface area contributed by atoms with E-state index in [9.17, 15) is 4.79 Å². The Labute approximate surface area is 166 Å². The lowest BCUT2D eigenvalue weighted by molar-refractivity contribution is -0.117. The Balaban J connectivity index is 1.53. The van der Waals surface area contributed by atoms with E-state index in [-0.39, 0.29) is 5.91 Å². The molecule has 1 amide bonds. The van der Waals surface area contributed by atoms with Crippen LogP contribution >= 0.6 is 35.1 Å². The first-order valence-electron chi connectivity index (χ1n) is 8.29. The molecule has 1 heterocycles. The molecule has 0 N–H and O–H groups in total. The van der Waals surface area contributed by atoms with E-state index in [0.29, 0.717) is 6.42 Å². The van der Waals surface area contributed by atoms with Crippen LogP contribution in [0.3, 0.4) is 0 Å². The van der Waals surface area contributed by atoms with Gasteiger partial charge in [0.15, 0.2) is 0 Å². The number of anilines is 2. The standard InChI is InChI=1S/C21H16ClNOS2/c22-15-9-11-16(12-10-15)25-14-13-21(24)23-17-5-1-3-7-19(17)26-20-8-4-2-6-18(20)23/h1-12H,13-14H2. The van der Waals surface area contributed by atoms with Gasteiger partial charge in [0.1, 0.15) is 0 Å². The third kappa shape index (κ3) is 3.63. The summed E-state index contributed by atoms with van der Waals surface area (Å²) in [6.45, 7) is 0. The van der Waals surface area contributed by atoms with E-state index in [1.807, 2.05) is 65.6 Å². The number of para-hydroxylation sites is 2. The number of fused-ring (bicyclic) bond motifs is 2. The molecule has 0 saturated heterocycles. The van der Waals surface area contributed by atoms with Gasteiger partial charge in [0.05, 0.1) is 11.4 Å². The van der Waals surface area contributed by atoms with E-state index in [4.69, 9.17) is 11.6 Å². The zero-order valence-electron chi connectivity index (χ0n) is 13.9. The maximum Gasteiger partial charge on any atom is 0.232 e. The van der Waals surface area contributed by atoms with Crippen LogP contribution in [0.5, 0.6) is 0 Å². The maximum absolute atomic E-state index is 13.1. The maximum atomic E-state index is 13.1. The fourth-order valence-electron chi connectivity index (χ4n) is 2.87. The van der Waals surface area contributed by atoms with Crippen LogP contribution < -0.4 is 4.90 Å². The average Bonchev–Trinajstić information content (AvgIpc) is 2.67. The summed E-state index contributed by atoms with van der Waals surface area (Å²) >= 11 is 9.31. The van der Waals surface area contributed by atoms with Gasteiger partial charge < -0.3 is 0 Å². The molecule has 0 saturated carbocycles. The molecule has 2 nitrogen and oxygen atoms in total. The smallest absolute Gasteiger partial charge is 0.232 e. The minimum Gasteiger partial charge on any atom is -0.279 e. The van der Waals surface area contributed by atoms with Gasteiger partial charge >= 0.3 is 0 Å². The summed E-state index contributed by atoms with van der Waals surface area (Å²) < 4.78 is 0. The first-order valence-corrected chi connectivity index (χ1v) is 10.5. The van der Waals surface area contributed by atoms with E-state index < -0.39 is 0 Å². The van der Waals surface area contributed by atoms with E-state index in [2.05, 4.69) is 12.1 Å². The molecule has 0 bridgehead atoms. The number of rotatable bonds is 4. The summed E-state index contributed by atoms with van der Waals surface area (Å²) in [7, 11) is 0. The van der Waals surface area contributed by atoms with Crippen LogP contribution in [-0.2, 0) is 4.79 Å². The Hall–Kier alpha value is -1.88. The largest absolute Gasteiger partial charge is 0.279 e. The molecule has 0 atom stereocenters. The van der Waals surface area contributed by atoms with Gasteiger partial charge in [-0.15, -0.1) is 11.8 Å². The van der Waals surface area contributed by atoms with Gasteiger partial charge in [-0.05, 0) is 48.5 Å². The van der Waals surface area contributed by atoms with E-state index >= 15 is 0 Å². The molecular weight excluding hydrogens is 382 g/mol. The van der Waals surface area contributed by atoms with Crippen molar-refractivity contribution in [3.8, 4) is 0 Å². The molecule has 0 spiro atoms. The Morgan fingerprint density at radius 1 is 0.885 bits per heavy atom. The monoisotopic (exact) mass is 397 g/mol. The zero-order chi connectivity index (χ0) is 17.9. The SMILES string of the molecule is O=C(CCSc1ccc(Cl)cc1)N1c2ccccc2Sc2ccccc21. The normalized spacial score (nSPS) is 12.4. The van der Waals surface area contributed by atoms with Gasteiger partial charge in [-0.1, -0.05) is 47.6 Å². The van der Waals surface area contributed by atoms with Gasteiger partial charge in [0, 0.05) is 31.9 Å². The topological polar surface area (TPSA) is 20.3 Å². The van der Waals surface area contributed by atoms with Crippen molar-refractivity contribution in [3.05, 3.63) is 77.8 Å². The van der Waals surface area contributed by atoms with Crippen molar-refractivity contribution in [1.82, 2.24) is 0 Å². The first-order chi connectivity index (χ1) is 12.7. The summed E-state index contributed by atoms with van der Waals surface area (Å²) in [4.78, 5) is 18.3. The first kappa shape index (κ1) is 17.5. The van der Waals surface area contributed by atoms with Gasteiger partial charge in [0.25, 0.3) is 0 Å². The second-order valence-corrected chi connectivity index (χ2v) is 8.51. The van der Waals surface area contributed by atoms with Crippen LogP contribution in [0.25, 0.3) is 0 Å². The fraction of sp³-hybridized carbons (Fsp3) is 0.0952. The number of hydrogen-bond donors (Lipinski definition) is 0. The minimum atomic E-state index is 0.117. The second kappa shape index (κ2) is 7.78. The van der Waals surface area contributed by atoms with Gasteiger partial charge in [-0.2, -0.15) is 0 Å². The molecule has 0 aromatic heterocycles. The quantitative estimate of drug-likeness (QED) is 0.459. The van der Waals surface area contributed by atoms with Crippen LogP contribution in [0, 0.1) is 0 Å². The highest BCUT2D eigenvalue weighted by Crippen LogP contribution is 2.48. The molecule has 3 aromatic rings. The predicted octanol–water partition coefficient (Wildman–Crippen LogP) is 6.65. The van der Waals surface area contributed by atoms with Gasteiger partial charge in [0.2, 0.25) is 5.91 Å². The summed E-state index contributed by atoms with van der Waals surface area (Å²) in [6.07, 6.45) is 0.473. The Morgan fingerprint density at radius 3 is 2.08 bits per heavy atom. The fourth-order valence-corrected chi connectivity index (χ4v) is 4.90. The average molecular weight is 398 g/mol. The van der Waals surface area contributed by atoms with Crippen molar-refractivity contribution >= 4 is 52.4 Å². The van der Waals surface area contributed by atoms with Crippen LogP contribution in [-0.4, -0.2) is 11.7 Å². The summed E-state index contributed by atoms with van der Waals surface area (Å²) in [5, 5.41) is 0.726. The summed E-state index contributed by atoms with van der Waals surface area (Å²) in [5.41, 5.74) is 1.94. The lowest BCUT2D eigenvalue weighted by Gasteiger charge is -2.31. The van der Waals surface area contributed by atoms with Gasteiger partial charge in [-0.3, -0.25) is 9.69 Å². The second-order valence-electron chi connectivity index (χ2n) is 5.82. The number of nitrogens with zero attached hydrogens (tertiary/aromatic N) is 1. The van der Waals surface area contributed by atoms with Crippen molar-refractivity contribution in [3.63, 3.8) is 0 Å². The number of carbonyl (C=O) groups is 1. The number of carbonyl (C=O) groups excluding carboxylic acids is 1. The van der Waals surface area contributed by atoms with Crippen molar-refractivity contribution in [2.24, 2.45) is 0 Å². The number of benzene rings is 3. The molecule has 5 heteroatoms. The molecule has 1 aliphatic heterocycles. The van der Waals surface area contributed by atoms with Crippen LogP contribution in [0.4, 0.5) is 11.4 Å². The molecule has 3 aromatic carbocycles. The molecular formula is C21H16ClNOS2. The molecule has 0 fully saturated rings. The van der Waals surface area contributed by atoms with Crippen molar-refractivity contribution < 1.29 is 4.79 Å². The Bertz CT molecular complexity index is 897. The Kier molecular flexibility index (Phi) is 5.25. The van der Waals surface area contributed by atoms with Crippen molar-refractivity contribution in [2.45, 2.75) is 21.1 Å². The molecule has 0 radical (unpaired) electrons. The van der Waals surface area contributed by atoms with Crippen LogP contribution in [0.15, 0.2) is 87.5 Å². The van der Waals surface area contributed by atoms with E-state index in [1.54, 1.807) is 23.5 Å². The molecule has 0 unspecified atom stereocenters. The van der Waals surface area contributed by atoms with E-state index in [1.165, 1.54) is 0 Å². The van der Waals surface area contributed by atoms with Crippen LogP contribution in [0.2, 0.25) is 5.02 Å². The highest BCUT2D eigenvalue weighted by molar-refractivity contribution is 7.99. The molecule has 130 valence electrons. The summed E-state index contributed by atoms with van der Waals surface area (Å²) in [5.74, 6) is 0.848. The van der Waals surface area contributed by atoms with Crippen LogP contribution in [0.1, 0.15) is 6.42 Å². The number of halogens is 1. The highest BCUT2D eigenvalue weighted by Gasteiger charge is 2.27. The lowest BCUT2D eigenvalue weighted by atomic mass is 10.2. The van der Waals surface area contributed by atoms with Crippen molar-refractivity contribution in [1.29, 1.82) is 0 Å². The highest BCUT2D eigenvalue weighted by atomic mass is 35.5. The Morgan fingerprint density at radius 2 is 1.46 bits per heavy atom. The van der Waals surface area contributed by atoms with Gasteiger partial charge in [-0.25, -0.2) is 0 Å². The number of amides is 1. The predicted molar refractivity (Wildman–Crippen MR) is 111 cm³/mol. The number of hydrogen-bond acceptors (Lipinski definition) is 3. The number of thioether (sulfide) groups is 1. The van der Waals surface area contributed by atoms with E-state index in [0.717, 1.165) is 36.8 Å². The third-order valence-corrected chi connectivity index (χ3v) is 6.48. The molecule has 1 aliphatic rings. The molecule has 0 aliphatic carbocycles. The van der Waals surface area contributed by atoms with Crippen molar-refractivity contribution in [2.75, 3.05) is 10.7 Å².